The number of fused-ring (bicyclic) bond motifs is 1. The second kappa shape index (κ2) is 4.69. The molecule has 102 valence electrons. The predicted octanol–water partition coefficient (Wildman–Crippen LogP) is -0.304. The standard InChI is InChI=1S/C11H12ClN3O4/c12-9-5-1-2-15(10(5)14-4-13-9)11-8(18)7(17)6(3-16)19-11/h1-2,4,6-8,11,16-18H,3H2/t6-,7-,8+,11+/m1/s1. The van der Waals surface area contributed by atoms with Gasteiger partial charge in [0.1, 0.15) is 35.4 Å². The lowest BCUT2D eigenvalue weighted by Gasteiger charge is -2.17. The lowest BCUT2D eigenvalue weighted by atomic mass is 10.1. The highest BCUT2D eigenvalue weighted by Crippen LogP contribution is 2.32. The molecule has 3 rings (SSSR count). The van der Waals surface area contributed by atoms with Crippen molar-refractivity contribution in [2.45, 2.75) is 24.5 Å². The maximum absolute atomic E-state index is 9.98. The van der Waals surface area contributed by atoms with Crippen molar-refractivity contribution in [1.29, 1.82) is 0 Å². The number of hydrogen-bond donors (Lipinski definition) is 3. The number of ether oxygens (including phenoxy) is 1. The molecular weight excluding hydrogens is 274 g/mol. The molecule has 0 spiro atoms. The summed E-state index contributed by atoms with van der Waals surface area (Å²) < 4.78 is 7.00. The molecule has 19 heavy (non-hydrogen) atoms. The minimum atomic E-state index is -1.15. The zero-order valence-corrected chi connectivity index (χ0v) is 10.5. The van der Waals surface area contributed by atoms with Gasteiger partial charge in [0.25, 0.3) is 0 Å². The molecule has 0 aromatic carbocycles. The van der Waals surface area contributed by atoms with Gasteiger partial charge in [0.15, 0.2) is 6.23 Å². The number of aliphatic hydroxyl groups excluding tert-OH is 3. The monoisotopic (exact) mass is 285 g/mol. The van der Waals surface area contributed by atoms with Crippen LogP contribution in [0.3, 0.4) is 0 Å². The second-order valence-electron chi connectivity index (χ2n) is 4.35. The largest absolute Gasteiger partial charge is 0.394 e. The number of halogens is 1. The Morgan fingerprint density at radius 3 is 2.79 bits per heavy atom. The van der Waals surface area contributed by atoms with Crippen LogP contribution in [0.1, 0.15) is 6.23 Å². The van der Waals surface area contributed by atoms with Gasteiger partial charge in [0, 0.05) is 6.20 Å². The Balaban J connectivity index is 2.04. The fraction of sp³-hybridized carbons (Fsp3) is 0.455. The molecular formula is C11H12ClN3O4. The van der Waals surface area contributed by atoms with Gasteiger partial charge in [-0.15, -0.1) is 0 Å². The van der Waals surface area contributed by atoms with Gasteiger partial charge in [-0.3, -0.25) is 0 Å². The molecule has 0 radical (unpaired) electrons. The Kier molecular flexibility index (Phi) is 3.15. The summed E-state index contributed by atoms with van der Waals surface area (Å²) in [7, 11) is 0. The van der Waals surface area contributed by atoms with Crippen molar-refractivity contribution in [2.75, 3.05) is 6.61 Å². The summed E-state index contributed by atoms with van der Waals surface area (Å²) in [5.74, 6) is 0. The van der Waals surface area contributed by atoms with Gasteiger partial charge >= 0.3 is 0 Å². The summed E-state index contributed by atoms with van der Waals surface area (Å²) in [6, 6.07) is 1.70. The average molecular weight is 286 g/mol. The van der Waals surface area contributed by atoms with Crippen molar-refractivity contribution in [3.8, 4) is 0 Å². The van der Waals surface area contributed by atoms with Crippen LogP contribution in [0, 0.1) is 0 Å². The van der Waals surface area contributed by atoms with Gasteiger partial charge in [-0.05, 0) is 6.07 Å². The number of nitrogens with zero attached hydrogens (tertiary/aromatic N) is 3. The van der Waals surface area contributed by atoms with Crippen molar-refractivity contribution >= 4 is 22.6 Å². The van der Waals surface area contributed by atoms with E-state index in [2.05, 4.69) is 9.97 Å². The highest BCUT2D eigenvalue weighted by Gasteiger charge is 2.43. The number of hydrogen-bond acceptors (Lipinski definition) is 6. The molecule has 1 saturated heterocycles. The number of aliphatic hydroxyl groups is 3. The number of rotatable bonds is 2. The van der Waals surface area contributed by atoms with Crippen LogP contribution in [0.5, 0.6) is 0 Å². The van der Waals surface area contributed by atoms with E-state index in [0.717, 1.165) is 0 Å². The quantitative estimate of drug-likeness (QED) is 0.655. The van der Waals surface area contributed by atoms with Crippen molar-refractivity contribution in [3.05, 3.63) is 23.7 Å². The Labute approximate surface area is 113 Å². The molecule has 1 aliphatic rings. The third-order valence-corrected chi connectivity index (χ3v) is 3.55. The van der Waals surface area contributed by atoms with Crippen LogP contribution in [0.15, 0.2) is 18.6 Å². The summed E-state index contributed by atoms with van der Waals surface area (Å²) >= 11 is 5.94. The SMILES string of the molecule is OC[C@H]1O[C@H](n2ccc3c(Cl)ncnc32)[C@@H](O)[C@@H]1O. The second-order valence-corrected chi connectivity index (χ2v) is 4.71. The van der Waals surface area contributed by atoms with Crippen LogP contribution >= 0.6 is 11.6 Å². The molecule has 1 fully saturated rings. The van der Waals surface area contributed by atoms with E-state index < -0.39 is 24.5 Å². The van der Waals surface area contributed by atoms with Crippen LogP contribution in [0.2, 0.25) is 5.15 Å². The van der Waals surface area contributed by atoms with E-state index in [0.29, 0.717) is 16.2 Å². The molecule has 0 unspecified atom stereocenters. The predicted molar refractivity (Wildman–Crippen MR) is 65.5 cm³/mol. The first-order valence-electron chi connectivity index (χ1n) is 5.73. The van der Waals surface area contributed by atoms with Crippen LogP contribution in [-0.4, -0.2) is 54.8 Å². The third-order valence-electron chi connectivity index (χ3n) is 3.25. The molecule has 2 aromatic heterocycles. The van der Waals surface area contributed by atoms with Gasteiger partial charge in [0.2, 0.25) is 0 Å². The van der Waals surface area contributed by atoms with E-state index in [1.807, 2.05) is 0 Å². The highest BCUT2D eigenvalue weighted by atomic mass is 35.5. The molecule has 1 aliphatic heterocycles. The molecule has 3 N–H and O–H groups in total. The molecule has 3 heterocycles. The smallest absolute Gasteiger partial charge is 0.164 e. The van der Waals surface area contributed by atoms with Crippen LogP contribution in [0.4, 0.5) is 0 Å². The third kappa shape index (κ3) is 1.90. The van der Waals surface area contributed by atoms with Crippen LogP contribution in [0.25, 0.3) is 11.0 Å². The number of aromatic nitrogens is 3. The van der Waals surface area contributed by atoms with Gasteiger partial charge < -0.3 is 24.6 Å². The fourth-order valence-electron chi connectivity index (χ4n) is 2.26. The summed E-state index contributed by atoms with van der Waals surface area (Å²) in [5, 5.41) is 29.7. The van der Waals surface area contributed by atoms with E-state index in [1.54, 1.807) is 16.8 Å². The molecule has 0 saturated carbocycles. The zero-order chi connectivity index (χ0) is 13.6. The summed E-state index contributed by atoms with van der Waals surface area (Å²) in [6.07, 6.45) is -0.995. The molecule has 0 aliphatic carbocycles. The Morgan fingerprint density at radius 2 is 2.11 bits per heavy atom. The van der Waals surface area contributed by atoms with Gasteiger partial charge in [-0.1, -0.05) is 11.6 Å². The fourth-order valence-corrected chi connectivity index (χ4v) is 2.45. The lowest BCUT2D eigenvalue weighted by Crippen LogP contribution is -2.33. The normalized spacial score (nSPS) is 31.2. The molecule has 4 atom stereocenters. The molecule has 0 amide bonds. The Bertz CT molecular complexity index is 605. The summed E-state index contributed by atoms with van der Waals surface area (Å²) in [6.45, 7) is -0.371. The van der Waals surface area contributed by atoms with Gasteiger partial charge in [-0.2, -0.15) is 0 Å². The first kappa shape index (κ1) is 12.8. The zero-order valence-electron chi connectivity index (χ0n) is 9.72. The molecule has 0 bridgehead atoms. The van der Waals surface area contributed by atoms with Crippen LogP contribution in [-0.2, 0) is 4.74 Å². The Hall–Kier alpha value is -1.25. The van der Waals surface area contributed by atoms with E-state index in [-0.39, 0.29) is 6.61 Å². The van der Waals surface area contributed by atoms with Gasteiger partial charge in [0.05, 0.1) is 12.0 Å². The maximum atomic E-state index is 9.98. The van der Waals surface area contributed by atoms with Gasteiger partial charge in [-0.25, -0.2) is 9.97 Å². The van der Waals surface area contributed by atoms with E-state index in [9.17, 15) is 10.2 Å². The molecule has 8 heteroatoms. The average Bonchev–Trinajstić information content (AvgIpc) is 2.94. The van der Waals surface area contributed by atoms with E-state index in [4.69, 9.17) is 21.4 Å². The van der Waals surface area contributed by atoms with Crippen molar-refractivity contribution in [3.63, 3.8) is 0 Å². The lowest BCUT2D eigenvalue weighted by molar-refractivity contribution is -0.0508. The maximum Gasteiger partial charge on any atom is 0.164 e. The minimum absolute atomic E-state index is 0.301. The van der Waals surface area contributed by atoms with E-state index in [1.165, 1.54) is 6.33 Å². The Morgan fingerprint density at radius 1 is 1.32 bits per heavy atom. The van der Waals surface area contributed by atoms with E-state index >= 15 is 0 Å². The topological polar surface area (TPSA) is 101 Å². The van der Waals surface area contributed by atoms with Crippen molar-refractivity contribution in [1.82, 2.24) is 14.5 Å². The summed E-state index contributed by atoms with van der Waals surface area (Å²) in [5.41, 5.74) is 0.495. The van der Waals surface area contributed by atoms with Crippen LogP contribution < -0.4 is 0 Å². The van der Waals surface area contributed by atoms with Crippen molar-refractivity contribution < 1.29 is 20.1 Å². The first-order valence-corrected chi connectivity index (χ1v) is 6.10. The van der Waals surface area contributed by atoms with Crippen molar-refractivity contribution in [2.24, 2.45) is 0 Å². The highest BCUT2D eigenvalue weighted by molar-refractivity contribution is 6.33. The first-order chi connectivity index (χ1) is 9.13. The molecule has 7 nitrogen and oxygen atoms in total. The summed E-state index contributed by atoms with van der Waals surface area (Å²) in [4.78, 5) is 7.95. The molecule has 2 aromatic rings. The minimum Gasteiger partial charge on any atom is -0.394 e.